The quantitative estimate of drug-likeness (QED) is 0.745. The molecule has 0 aromatic heterocycles. The summed E-state index contributed by atoms with van der Waals surface area (Å²) in [5.74, 6) is 1.69. The zero-order valence-electron chi connectivity index (χ0n) is 18.2. The maximum atomic E-state index is 11.9. The number of hydrogen-bond acceptors (Lipinski definition) is 6. The van der Waals surface area contributed by atoms with Crippen molar-refractivity contribution in [3.05, 3.63) is 52.5 Å². The monoisotopic (exact) mass is 455 g/mol. The molecule has 0 bridgehead atoms. The first-order valence-electron chi connectivity index (χ1n) is 11.0. The summed E-state index contributed by atoms with van der Waals surface area (Å²) < 4.78 is 12.6. The van der Waals surface area contributed by atoms with Gasteiger partial charge in [0.15, 0.2) is 11.5 Å². The summed E-state index contributed by atoms with van der Waals surface area (Å²) in [6.07, 6.45) is 1.86. The number of aromatic hydroxyl groups is 1. The van der Waals surface area contributed by atoms with Crippen LogP contribution in [0.2, 0.25) is 5.02 Å². The van der Waals surface area contributed by atoms with E-state index in [-0.39, 0.29) is 17.7 Å². The zero-order valence-corrected chi connectivity index (χ0v) is 18.9. The fourth-order valence-electron chi connectivity index (χ4n) is 4.94. The van der Waals surface area contributed by atoms with Crippen LogP contribution in [0.15, 0.2) is 41.5 Å². The first-order valence-corrected chi connectivity index (χ1v) is 11.4. The lowest BCUT2D eigenvalue weighted by atomic mass is 9.90. The van der Waals surface area contributed by atoms with E-state index < -0.39 is 5.72 Å². The zero-order chi connectivity index (χ0) is 22.5. The predicted octanol–water partition coefficient (Wildman–Crippen LogP) is 4.33. The molecule has 1 amide bonds. The van der Waals surface area contributed by atoms with Gasteiger partial charge in [-0.15, -0.1) is 0 Å². The van der Waals surface area contributed by atoms with Crippen LogP contribution in [-0.4, -0.2) is 52.1 Å². The third-order valence-electron chi connectivity index (χ3n) is 6.55. The number of piperidine rings is 1. The summed E-state index contributed by atoms with van der Waals surface area (Å²) in [7, 11) is 0. The van der Waals surface area contributed by atoms with Gasteiger partial charge >= 0.3 is 0 Å². The van der Waals surface area contributed by atoms with Gasteiger partial charge in [-0.25, -0.2) is 5.01 Å². The number of halogens is 1. The van der Waals surface area contributed by atoms with Crippen LogP contribution in [0.3, 0.4) is 0 Å². The fraction of sp³-hybridized carbons (Fsp3) is 0.417. The molecule has 168 valence electrons. The molecule has 1 spiro atoms. The number of para-hydroxylation sites is 1. The van der Waals surface area contributed by atoms with Crippen molar-refractivity contribution in [2.75, 3.05) is 19.7 Å². The number of hydrogen-bond donors (Lipinski definition) is 1. The molecule has 5 rings (SSSR count). The summed E-state index contributed by atoms with van der Waals surface area (Å²) in [6.45, 7) is 5.28. The number of ether oxygens (including phenoxy) is 2. The van der Waals surface area contributed by atoms with Crippen molar-refractivity contribution >= 4 is 23.2 Å². The Morgan fingerprint density at radius 2 is 2.09 bits per heavy atom. The standard InChI is InChI=1S/C24H26ClN3O4/c1-3-31-22-6-4-5-17-20-14-19(18-13-16(25)7-8-21(18)30)26-28(20)24(32-23(17)22)9-11-27(12-10-24)15(2)29/h4-8,13,20,30H,3,9-12,14H2,1-2H3/t20-/m1/s1. The minimum atomic E-state index is -0.688. The molecule has 1 fully saturated rings. The number of carbonyl (C=O) groups excluding carboxylic acids is 1. The van der Waals surface area contributed by atoms with E-state index in [4.69, 9.17) is 26.2 Å². The number of nitrogens with zero attached hydrogens (tertiary/aromatic N) is 3. The molecule has 3 heterocycles. The lowest BCUT2D eigenvalue weighted by molar-refractivity contribution is -0.159. The minimum Gasteiger partial charge on any atom is -0.507 e. The highest BCUT2D eigenvalue weighted by Crippen LogP contribution is 2.53. The number of hydrazone groups is 1. The van der Waals surface area contributed by atoms with Gasteiger partial charge in [0.05, 0.1) is 18.4 Å². The van der Waals surface area contributed by atoms with Gasteiger partial charge in [-0.1, -0.05) is 23.7 Å². The SMILES string of the molecule is CCOc1cccc2c1OC1(CCN(C(C)=O)CC1)N1N=C(c3cc(Cl)ccc3O)C[C@H]21. The molecule has 1 atom stereocenters. The van der Waals surface area contributed by atoms with Crippen molar-refractivity contribution < 1.29 is 19.4 Å². The molecule has 0 saturated carbocycles. The maximum Gasteiger partial charge on any atom is 0.219 e. The number of likely N-dealkylation sites (tertiary alicyclic amines) is 1. The third-order valence-corrected chi connectivity index (χ3v) is 6.78. The van der Waals surface area contributed by atoms with Crippen LogP contribution >= 0.6 is 11.6 Å². The summed E-state index contributed by atoms with van der Waals surface area (Å²) >= 11 is 6.21. The Hall–Kier alpha value is -2.93. The van der Waals surface area contributed by atoms with Gasteiger partial charge in [0, 0.05) is 55.4 Å². The summed E-state index contributed by atoms with van der Waals surface area (Å²) in [4.78, 5) is 13.8. The number of carbonyl (C=O) groups is 1. The Morgan fingerprint density at radius 1 is 1.31 bits per heavy atom. The molecular weight excluding hydrogens is 430 g/mol. The Kier molecular flexibility index (Phi) is 5.16. The maximum absolute atomic E-state index is 11.9. The first-order chi connectivity index (χ1) is 15.4. The Morgan fingerprint density at radius 3 is 2.81 bits per heavy atom. The molecule has 3 aliphatic rings. The molecule has 7 nitrogen and oxygen atoms in total. The second kappa shape index (κ2) is 7.89. The molecule has 2 aromatic carbocycles. The molecule has 0 unspecified atom stereocenters. The van der Waals surface area contributed by atoms with Gasteiger partial charge in [0.2, 0.25) is 11.6 Å². The number of fused-ring (bicyclic) bond motifs is 4. The second-order valence-electron chi connectivity index (χ2n) is 8.43. The highest BCUT2D eigenvalue weighted by Gasteiger charge is 2.53. The van der Waals surface area contributed by atoms with Crippen LogP contribution in [0, 0.1) is 0 Å². The van der Waals surface area contributed by atoms with E-state index in [0.717, 1.165) is 22.8 Å². The summed E-state index contributed by atoms with van der Waals surface area (Å²) in [5.41, 5.74) is 1.72. The van der Waals surface area contributed by atoms with Crippen LogP contribution < -0.4 is 9.47 Å². The summed E-state index contributed by atoms with van der Waals surface area (Å²) in [5, 5.41) is 18.0. The van der Waals surface area contributed by atoms with Crippen molar-refractivity contribution in [3.8, 4) is 17.2 Å². The Bertz CT molecular complexity index is 1090. The largest absolute Gasteiger partial charge is 0.507 e. The van der Waals surface area contributed by atoms with E-state index in [0.29, 0.717) is 49.5 Å². The lowest BCUT2D eigenvalue weighted by Crippen LogP contribution is -2.59. The molecule has 0 aliphatic carbocycles. The van der Waals surface area contributed by atoms with Gasteiger partial charge < -0.3 is 19.5 Å². The van der Waals surface area contributed by atoms with Crippen LogP contribution in [0.5, 0.6) is 17.2 Å². The number of rotatable bonds is 3. The molecule has 1 N–H and O–H groups in total. The van der Waals surface area contributed by atoms with Crippen LogP contribution in [-0.2, 0) is 4.79 Å². The Balaban J connectivity index is 1.59. The van der Waals surface area contributed by atoms with E-state index in [2.05, 4.69) is 0 Å². The number of benzene rings is 2. The molecule has 32 heavy (non-hydrogen) atoms. The highest BCUT2D eigenvalue weighted by atomic mass is 35.5. The van der Waals surface area contributed by atoms with Crippen LogP contribution in [0.25, 0.3) is 0 Å². The van der Waals surface area contributed by atoms with Gasteiger partial charge in [0.25, 0.3) is 0 Å². The molecule has 3 aliphatic heterocycles. The van der Waals surface area contributed by atoms with Gasteiger partial charge in [-0.3, -0.25) is 4.79 Å². The number of amides is 1. The number of phenols is 1. The molecule has 2 aromatic rings. The molecule has 1 saturated heterocycles. The van der Waals surface area contributed by atoms with E-state index in [9.17, 15) is 9.90 Å². The van der Waals surface area contributed by atoms with E-state index in [1.165, 1.54) is 0 Å². The normalized spacial score (nSPS) is 21.0. The lowest BCUT2D eigenvalue weighted by Gasteiger charge is -2.51. The van der Waals surface area contributed by atoms with Crippen molar-refractivity contribution in [1.82, 2.24) is 9.91 Å². The van der Waals surface area contributed by atoms with Crippen molar-refractivity contribution in [2.24, 2.45) is 5.10 Å². The smallest absolute Gasteiger partial charge is 0.219 e. The van der Waals surface area contributed by atoms with Crippen molar-refractivity contribution in [1.29, 1.82) is 0 Å². The Labute approximate surface area is 192 Å². The predicted molar refractivity (Wildman–Crippen MR) is 121 cm³/mol. The fourth-order valence-corrected chi connectivity index (χ4v) is 5.11. The molecule has 8 heteroatoms. The van der Waals surface area contributed by atoms with Crippen molar-refractivity contribution in [3.63, 3.8) is 0 Å². The second-order valence-corrected chi connectivity index (χ2v) is 8.87. The van der Waals surface area contributed by atoms with Crippen molar-refractivity contribution in [2.45, 2.75) is 44.9 Å². The average Bonchev–Trinajstić information content (AvgIpc) is 3.23. The molecule has 0 radical (unpaired) electrons. The van der Waals surface area contributed by atoms with Gasteiger partial charge in [-0.05, 0) is 31.2 Å². The summed E-state index contributed by atoms with van der Waals surface area (Å²) in [6, 6.07) is 10.9. The third kappa shape index (κ3) is 3.35. The molecular formula is C24H26ClN3O4. The average molecular weight is 456 g/mol. The van der Waals surface area contributed by atoms with Crippen LogP contribution in [0.1, 0.15) is 50.3 Å². The van der Waals surface area contributed by atoms with E-state index in [1.54, 1.807) is 25.1 Å². The first kappa shape index (κ1) is 20.9. The van der Waals surface area contributed by atoms with Gasteiger partial charge in [-0.2, -0.15) is 5.10 Å². The minimum absolute atomic E-state index is 0.0589. The highest BCUT2D eigenvalue weighted by molar-refractivity contribution is 6.31. The number of phenolic OH excluding ortho intramolecular Hbond substituents is 1. The van der Waals surface area contributed by atoms with E-state index in [1.807, 2.05) is 35.0 Å². The van der Waals surface area contributed by atoms with E-state index >= 15 is 0 Å². The van der Waals surface area contributed by atoms with Gasteiger partial charge in [0.1, 0.15) is 5.75 Å². The topological polar surface area (TPSA) is 74.6 Å². The van der Waals surface area contributed by atoms with Crippen LogP contribution in [0.4, 0.5) is 0 Å².